The first kappa shape index (κ1) is 12.4. The van der Waals surface area contributed by atoms with Crippen molar-refractivity contribution < 1.29 is 0 Å². The highest BCUT2D eigenvalue weighted by molar-refractivity contribution is 5.19. The maximum absolute atomic E-state index is 4.44. The van der Waals surface area contributed by atoms with Crippen molar-refractivity contribution in [3.8, 4) is 0 Å². The summed E-state index contributed by atoms with van der Waals surface area (Å²) in [6, 6.07) is 6.59. The van der Waals surface area contributed by atoms with Crippen molar-refractivity contribution in [2.24, 2.45) is 0 Å². The van der Waals surface area contributed by atoms with E-state index >= 15 is 0 Å². The molecule has 1 N–H and O–H groups in total. The summed E-state index contributed by atoms with van der Waals surface area (Å²) in [5.41, 5.74) is 3.68. The molecule has 0 bridgehead atoms. The van der Waals surface area contributed by atoms with Crippen molar-refractivity contribution in [3.63, 3.8) is 0 Å². The van der Waals surface area contributed by atoms with Gasteiger partial charge in [0.15, 0.2) is 0 Å². The minimum absolute atomic E-state index is 0.457. The van der Waals surface area contributed by atoms with E-state index in [4.69, 9.17) is 0 Å². The number of aromatic amines is 1. The summed E-state index contributed by atoms with van der Waals surface area (Å²) in [6.07, 6.45) is 7.56. The lowest BCUT2D eigenvalue weighted by Gasteiger charge is -2.35. The Morgan fingerprint density at radius 2 is 2.32 bits per heavy atom. The molecule has 100 valence electrons. The van der Waals surface area contributed by atoms with Gasteiger partial charge in [0, 0.05) is 12.7 Å². The van der Waals surface area contributed by atoms with Crippen molar-refractivity contribution in [3.05, 3.63) is 47.5 Å². The van der Waals surface area contributed by atoms with Crippen LogP contribution in [0.2, 0.25) is 0 Å². The average Bonchev–Trinajstić information content (AvgIpc) is 2.87. The van der Waals surface area contributed by atoms with Gasteiger partial charge in [-0.3, -0.25) is 15.0 Å². The first-order valence-corrected chi connectivity index (χ1v) is 6.98. The van der Waals surface area contributed by atoms with Crippen LogP contribution in [-0.2, 0) is 6.54 Å². The molecular formula is C15H20N4. The molecule has 4 heteroatoms. The summed E-state index contributed by atoms with van der Waals surface area (Å²) >= 11 is 0. The van der Waals surface area contributed by atoms with Crippen molar-refractivity contribution in [2.75, 3.05) is 6.54 Å². The van der Waals surface area contributed by atoms with Gasteiger partial charge in [-0.05, 0) is 44.0 Å². The predicted molar refractivity (Wildman–Crippen MR) is 74.6 cm³/mol. The fourth-order valence-corrected chi connectivity index (χ4v) is 2.90. The topological polar surface area (TPSA) is 44.8 Å². The molecule has 0 spiro atoms. The van der Waals surface area contributed by atoms with Crippen LogP contribution in [0.4, 0.5) is 0 Å². The molecule has 1 aliphatic rings. The van der Waals surface area contributed by atoms with Crippen LogP contribution >= 0.6 is 0 Å². The van der Waals surface area contributed by atoms with Crippen molar-refractivity contribution >= 4 is 0 Å². The number of H-pyrrole nitrogens is 1. The molecule has 0 aromatic carbocycles. The number of pyridine rings is 1. The second kappa shape index (κ2) is 5.53. The van der Waals surface area contributed by atoms with Gasteiger partial charge in [-0.15, -0.1) is 0 Å². The lowest BCUT2D eigenvalue weighted by Crippen LogP contribution is -2.33. The summed E-state index contributed by atoms with van der Waals surface area (Å²) < 4.78 is 0. The van der Waals surface area contributed by atoms with Gasteiger partial charge in [-0.2, -0.15) is 5.10 Å². The van der Waals surface area contributed by atoms with E-state index in [9.17, 15) is 0 Å². The Labute approximate surface area is 113 Å². The van der Waals surface area contributed by atoms with E-state index in [0.717, 1.165) is 18.8 Å². The number of hydrogen-bond donors (Lipinski definition) is 1. The van der Waals surface area contributed by atoms with Crippen LogP contribution in [0.5, 0.6) is 0 Å². The monoisotopic (exact) mass is 256 g/mol. The fourth-order valence-electron chi connectivity index (χ4n) is 2.90. The fraction of sp³-hybridized carbons (Fsp3) is 0.467. The molecule has 2 aromatic rings. The van der Waals surface area contributed by atoms with E-state index in [1.54, 1.807) is 0 Å². The van der Waals surface area contributed by atoms with E-state index in [1.165, 1.54) is 30.5 Å². The highest BCUT2D eigenvalue weighted by atomic mass is 15.2. The van der Waals surface area contributed by atoms with E-state index in [0.29, 0.717) is 6.04 Å². The van der Waals surface area contributed by atoms with Crippen LogP contribution in [0.1, 0.15) is 42.3 Å². The lowest BCUT2D eigenvalue weighted by molar-refractivity contribution is 0.135. The Kier molecular flexibility index (Phi) is 3.60. The molecule has 1 saturated heterocycles. The van der Waals surface area contributed by atoms with Crippen molar-refractivity contribution in [1.29, 1.82) is 0 Å². The molecule has 19 heavy (non-hydrogen) atoms. The zero-order valence-electron chi connectivity index (χ0n) is 11.3. The van der Waals surface area contributed by atoms with Crippen molar-refractivity contribution in [2.45, 2.75) is 38.8 Å². The van der Waals surface area contributed by atoms with E-state index in [-0.39, 0.29) is 0 Å². The molecular weight excluding hydrogens is 236 g/mol. The number of likely N-dealkylation sites (tertiary alicyclic amines) is 1. The largest absolute Gasteiger partial charge is 0.289 e. The minimum Gasteiger partial charge on any atom is -0.289 e. The summed E-state index contributed by atoms with van der Waals surface area (Å²) in [5, 5.41) is 7.35. The van der Waals surface area contributed by atoms with Gasteiger partial charge in [-0.25, -0.2) is 0 Å². The minimum atomic E-state index is 0.457. The number of hydrogen-bond acceptors (Lipinski definition) is 3. The third-order valence-electron chi connectivity index (χ3n) is 3.91. The Bertz CT molecular complexity index is 520. The summed E-state index contributed by atoms with van der Waals surface area (Å²) in [5.74, 6) is 0. The van der Waals surface area contributed by atoms with E-state index in [1.807, 2.05) is 18.5 Å². The number of nitrogens with one attached hydrogen (secondary N) is 1. The molecule has 0 saturated carbocycles. The third kappa shape index (κ3) is 2.68. The lowest BCUT2D eigenvalue weighted by atomic mass is 9.97. The van der Waals surface area contributed by atoms with Crippen LogP contribution in [0, 0.1) is 6.92 Å². The second-order valence-corrected chi connectivity index (χ2v) is 5.27. The van der Waals surface area contributed by atoms with Gasteiger partial charge in [0.2, 0.25) is 0 Å². The van der Waals surface area contributed by atoms with Crippen LogP contribution in [0.25, 0.3) is 0 Å². The zero-order valence-corrected chi connectivity index (χ0v) is 11.3. The van der Waals surface area contributed by atoms with Gasteiger partial charge in [0.25, 0.3) is 0 Å². The molecule has 1 atom stereocenters. The van der Waals surface area contributed by atoms with E-state index < -0.39 is 0 Å². The highest BCUT2D eigenvalue weighted by Crippen LogP contribution is 2.32. The van der Waals surface area contributed by atoms with Crippen LogP contribution < -0.4 is 0 Å². The summed E-state index contributed by atoms with van der Waals surface area (Å²) in [7, 11) is 0. The van der Waals surface area contributed by atoms with Gasteiger partial charge in [0.1, 0.15) is 0 Å². The second-order valence-electron chi connectivity index (χ2n) is 5.27. The number of piperidine rings is 1. The normalized spacial score (nSPS) is 20.6. The standard InChI is InChI=1S/C15H20N4/c1-12-10-17-18-15(12)14-7-3-5-9-19(14)11-13-6-2-4-8-16-13/h2,4,6,8,10,14H,3,5,7,9,11H2,1H3,(H,17,18)/t14-/m1/s1. The zero-order chi connectivity index (χ0) is 13.1. The van der Waals surface area contributed by atoms with Gasteiger partial charge >= 0.3 is 0 Å². The SMILES string of the molecule is Cc1cn[nH]c1[C@H]1CCCCN1Cc1ccccn1. The molecule has 0 radical (unpaired) electrons. The Hall–Kier alpha value is -1.68. The Morgan fingerprint density at radius 3 is 3.05 bits per heavy atom. The predicted octanol–water partition coefficient (Wildman–Crippen LogP) is 2.84. The Morgan fingerprint density at radius 1 is 1.37 bits per heavy atom. The van der Waals surface area contributed by atoms with Gasteiger partial charge in [-0.1, -0.05) is 12.5 Å². The number of rotatable bonds is 3. The highest BCUT2D eigenvalue weighted by Gasteiger charge is 2.26. The summed E-state index contributed by atoms with van der Waals surface area (Å²) in [4.78, 5) is 6.96. The smallest absolute Gasteiger partial charge is 0.0553 e. The molecule has 3 rings (SSSR count). The molecule has 0 aliphatic carbocycles. The molecule has 4 nitrogen and oxygen atoms in total. The summed E-state index contributed by atoms with van der Waals surface area (Å²) in [6.45, 7) is 4.19. The molecule has 2 aromatic heterocycles. The maximum Gasteiger partial charge on any atom is 0.0553 e. The first-order chi connectivity index (χ1) is 9.34. The van der Waals surface area contributed by atoms with Gasteiger partial charge < -0.3 is 0 Å². The molecule has 3 heterocycles. The number of aromatic nitrogens is 3. The molecule has 1 fully saturated rings. The quantitative estimate of drug-likeness (QED) is 0.918. The van der Waals surface area contributed by atoms with E-state index in [2.05, 4.69) is 39.1 Å². The molecule has 1 aliphatic heterocycles. The average molecular weight is 256 g/mol. The van der Waals surface area contributed by atoms with Gasteiger partial charge in [0.05, 0.1) is 23.6 Å². The maximum atomic E-state index is 4.44. The number of aryl methyl sites for hydroxylation is 1. The van der Waals surface area contributed by atoms with Crippen LogP contribution in [-0.4, -0.2) is 26.6 Å². The number of nitrogens with zero attached hydrogens (tertiary/aromatic N) is 3. The van der Waals surface area contributed by atoms with Crippen LogP contribution in [0.3, 0.4) is 0 Å². The first-order valence-electron chi connectivity index (χ1n) is 6.98. The third-order valence-corrected chi connectivity index (χ3v) is 3.91. The van der Waals surface area contributed by atoms with Crippen LogP contribution in [0.15, 0.2) is 30.6 Å². The Balaban J connectivity index is 1.80. The molecule has 0 unspecified atom stereocenters. The van der Waals surface area contributed by atoms with Crippen molar-refractivity contribution in [1.82, 2.24) is 20.1 Å². The molecule has 0 amide bonds.